The topological polar surface area (TPSA) is 78.0 Å². The van der Waals surface area contributed by atoms with E-state index < -0.39 is 0 Å². The highest BCUT2D eigenvalue weighted by molar-refractivity contribution is 7.09. The average Bonchev–Trinajstić information content (AvgIpc) is 3.27. The van der Waals surface area contributed by atoms with Crippen molar-refractivity contribution in [1.82, 2.24) is 19.7 Å². The lowest BCUT2D eigenvalue weighted by molar-refractivity contribution is 0.0638. The maximum atomic E-state index is 13.0. The molecule has 1 aliphatic heterocycles. The van der Waals surface area contributed by atoms with Crippen LogP contribution in [0.2, 0.25) is 0 Å². The Hall–Kier alpha value is -2.49. The maximum absolute atomic E-state index is 13.0. The van der Waals surface area contributed by atoms with Crippen LogP contribution >= 0.6 is 11.3 Å². The second kappa shape index (κ2) is 11.4. The number of nitrogens with zero attached hydrogens (tertiary/aromatic N) is 4. The molecule has 1 aliphatic rings. The van der Waals surface area contributed by atoms with Crippen molar-refractivity contribution in [1.29, 1.82) is 0 Å². The molecule has 1 N–H and O–H groups in total. The molecule has 0 atom stereocenters. The van der Waals surface area contributed by atoms with Crippen molar-refractivity contribution in [3.8, 4) is 0 Å². The Morgan fingerprint density at radius 3 is 2.50 bits per heavy atom. The Morgan fingerprint density at radius 2 is 1.88 bits per heavy atom. The first kappa shape index (κ1) is 24.2. The normalized spacial score (nSPS) is 14.4. The van der Waals surface area contributed by atoms with Gasteiger partial charge in [0.1, 0.15) is 10.7 Å². The highest BCUT2D eigenvalue weighted by Gasteiger charge is 2.24. The van der Waals surface area contributed by atoms with Gasteiger partial charge in [-0.15, -0.1) is 11.3 Å². The van der Waals surface area contributed by atoms with Gasteiger partial charge in [0.05, 0.1) is 13.2 Å². The van der Waals surface area contributed by atoms with Crippen LogP contribution in [0.3, 0.4) is 0 Å². The highest BCUT2D eigenvalue weighted by Crippen LogP contribution is 2.21. The van der Waals surface area contributed by atoms with E-state index in [2.05, 4.69) is 22.1 Å². The number of anilines is 1. The minimum atomic E-state index is -0.210. The first-order chi connectivity index (χ1) is 15.4. The van der Waals surface area contributed by atoms with Gasteiger partial charge < -0.3 is 24.8 Å². The molecule has 0 aliphatic carbocycles. The summed E-state index contributed by atoms with van der Waals surface area (Å²) in [7, 11) is 1.61. The Balaban J connectivity index is 1.66. The zero-order valence-corrected chi connectivity index (χ0v) is 20.2. The third kappa shape index (κ3) is 6.05. The number of amides is 3. The predicted molar refractivity (Wildman–Crippen MR) is 127 cm³/mol. The largest absolute Gasteiger partial charge is 0.383 e. The van der Waals surface area contributed by atoms with E-state index in [9.17, 15) is 9.59 Å². The zero-order chi connectivity index (χ0) is 23.1. The minimum Gasteiger partial charge on any atom is -0.383 e. The molecule has 2 aromatic rings. The molecule has 8 nitrogen and oxygen atoms in total. The number of methoxy groups -OCH3 is 1. The van der Waals surface area contributed by atoms with Crippen molar-refractivity contribution < 1.29 is 14.3 Å². The third-order valence-corrected chi connectivity index (χ3v) is 6.60. The lowest BCUT2D eigenvalue weighted by Gasteiger charge is -2.33. The quantitative estimate of drug-likeness (QED) is 0.656. The number of rotatable bonds is 8. The third-order valence-electron chi connectivity index (χ3n) is 5.77. The number of benzene rings is 1. The molecule has 2 heterocycles. The fourth-order valence-corrected chi connectivity index (χ4v) is 4.51. The molecule has 3 amide bonds. The Morgan fingerprint density at radius 1 is 1.19 bits per heavy atom. The van der Waals surface area contributed by atoms with Gasteiger partial charge in [-0.1, -0.05) is 25.1 Å². The van der Waals surface area contributed by atoms with Gasteiger partial charge in [0.15, 0.2) is 0 Å². The molecule has 0 unspecified atom stereocenters. The van der Waals surface area contributed by atoms with E-state index in [1.54, 1.807) is 17.4 Å². The zero-order valence-electron chi connectivity index (χ0n) is 19.4. The molecule has 3 rings (SSSR count). The van der Waals surface area contributed by atoms with Crippen molar-refractivity contribution >= 4 is 29.0 Å². The molecule has 32 heavy (non-hydrogen) atoms. The summed E-state index contributed by atoms with van der Waals surface area (Å²) in [6.07, 6.45) is 0. The number of para-hydroxylation sites is 1. The molecule has 1 fully saturated rings. The smallest absolute Gasteiger partial charge is 0.322 e. The van der Waals surface area contributed by atoms with Crippen molar-refractivity contribution in [2.45, 2.75) is 27.3 Å². The molecule has 0 spiro atoms. The van der Waals surface area contributed by atoms with Crippen LogP contribution in [0.1, 0.15) is 33.5 Å². The maximum Gasteiger partial charge on any atom is 0.322 e. The van der Waals surface area contributed by atoms with Crippen molar-refractivity contribution in [2.24, 2.45) is 0 Å². The highest BCUT2D eigenvalue weighted by atomic mass is 32.1. The van der Waals surface area contributed by atoms with Crippen LogP contribution in [0, 0.1) is 13.8 Å². The van der Waals surface area contributed by atoms with Crippen LogP contribution in [0.15, 0.2) is 23.6 Å². The number of aryl methyl sites for hydroxylation is 2. The fraction of sp³-hybridized carbons (Fsp3) is 0.522. The summed E-state index contributed by atoms with van der Waals surface area (Å²) in [6, 6.07) is 5.71. The van der Waals surface area contributed by atoms with Crippen molar-refractivity contribution in [3.05, 3.63) is 45.4 Å². The van der Waals surface area contributed by atoms with Gasteiger partial charge in [0.2, 0.25) is 0 Å². The van der Waals surface area contributed by atoms with Crippen LogP contribution in [-0.2, 0) is 11.3 Å². The van der Waals surface area contributed by atoms with Gasteiger partial charge in [-0.2, -0.15) is 0 Å². The average molecular weight is 460 g/mol. The van der Waals surface area contributed by atoms with Gasteiger partial charge in [-0.05, 0) is 31.5 Å². The lowest BCUT2D eigenvalue weighted by Crippen LogP contribution is -2.48. The molecule has 1 aromatic heterocycles. The van der Waals surface area contributed by atoms with Crippen LogP contribution in [0.5, 0.6) is 0 Å². The number of ether oxygens (including phenoxy) is 1. The van der Waals surface area contributed by atoms with E-state index in [1.807, 2.05) is 36.9 Å². The number of likely N-dealkylation sites (N-methyl/N-ethyl adjacent to an activating group) is 1. The molecular weight excluding hydrogens is 426 g/mol. The van der Waals surface area contributed by atoms with E-state index >= 15 is 0 Å². The van der Waals surface area contributed by atoms with E-state index in [1.165, 1.54) is 11.3 Å². The predicted octanol–water partition coefficient (Wildman–Crippen LogP) is 3.22. The lowest BCUT2D eigenvalue weighted by atomic mass is 10.1. The Bertz CT molecular complexity index is 904. The summed E-state index contributed by atoms with van der Waals surface area (Å²) >= 11 is 1.41. The molecule has 0 saturated carbocycles. The van der Waals surface area contributed by atoms with Crippen LogP contribution in [0.25, 0.3) is 0 Å². The Kier molecular flexibility index (Phi) is 8.60. The number of hydrogen-bond acceptors (Lipinski definition) is 6. The standard InChI is InChI=1S/C23H33N5O3S/c1-5-26-9-11-27(12-10-26)22(29)19-16-32-20(24-19)15-28(13-14-31-4)23(30)25-21-17(2)7-6-8-18(21)3/h6-8,16H,5,9-15H2,1-4H3,(H,25,30). The summed E-state index contributed by atoms with van der Waals surface area (Å²) in [4.78, 5) is 36.3. The Labute approximate surface area is 194 Å². The first-order valence-electron chi connectivity index (χ1n) is 11.0. The SMILES string of the molecule is CCN1CCN(C(=O)c2csc(CN(CCOC)C(=O)Nc3c(C)cccc3C)n2)CC1. The molecule has 1 saturated heterocycles. The summed E-state index contributed by atoms with van der Waals surface area (Å²) in [5, 5.41) is 5.55. The number of nitrogens with one attached hydrogen (secondary N) is 1. The van der Waals surface area contributed by atoms with E-state index in [0.29, 0.717) is 25.4 Å². The van der Waals surface area contributed by atoms with Gasteiger partial charge in [-0.25, -0.2) is 9.78 Å². The number of thiazole rings is 1. The second-order valence-corrected chi connectivity index (χ2v) is 8.91. The van der Waals surface area contributed by atoms with Crippen LogP contribution < -0.4 is 5.32 Å². The second-order valence-electron chi connectivity index (χ2n) is 7.96. The molecule has 174 valence electrons. The summed E-state index contributed by atoms with van der Waals surface area (Å²) < 4.78 is 5.20. The van der Waals surface area contributed by atoms with Gasteiger partial charge in [-0.3, -0.25) is 4.79 Å². The fourth-order valence-electron chi connectivity index (χ4n) is 3.73. The number of aromatic nitrogens is 1. The monoisotopic (exact) mass is 459 g/mol. The van der Waals surface area contributed by atoms with E-state index in [0.717, 1.165) is 54.5 Å². The minimum absolute atomic E-state index is 0.0355. The molecule has 1 aromatic carbocycles. The summed E-state index contributed by atoms with van der Waals surface area (Å²) in [5.41, 5.74) is 3.30. The van der Waals surface area contributed by atoms with Gasteiger partial charge in [0, 0.05) is 50.9 Å². The summed E-state index contributed by atoms with van der Waals surface area (Å²) in [6.45, 7) is 11.5. The molecule has 0 radical (unpaired) electrons. The first-order valence-corrected chi connectivity index (χ1v) is 11.9. The summed E-state index contributed by atoms with van der Waals surface area (Å²) in [5.74, 6) is -0.0355. The van der Waals surface area contributed by atoms with Gasteiger partial charge in [0.25, 0.3) is 5.91 Å². The van der Waals surface area contributed by atoms with Crippen molar-refractivity contribution in [3.63, 3.8) is 0 Å². The molecule has 9 heteroatoms. The number of carbonyl (C=O) groups excluding carboxylic acids is 2. The number of hydrogen-bond donors (Lipinski definition) is 1. The van der Waals surface area contributed by atoms with Crippen LogP contribution in [0.4, 0.5) is 10.5 Å². The van der Waals surface area contributed by atoms with E-state index in [4.69, 9.17) is 4.74 Å². The van der Waals surface area contributed by atoms with Gasteiger partial charge >= 0.3 is 6.03 Å². The van der Waals surface area contributed by atoms with E-state index in [-0.39, 0.29) is 11.9 Å². The number of piperazine rings is 1. The number of urea groups is 1. The molecule has 0 bridgehead atoms. The number of carbonyl (C=O) groups is 2. The molecular formula is C23H33N5O3S. The van der Waals surface area contributed by atoms with Crippen molar-refractivity contribution in [2.75, 3.05) is 58.3 Å². The van der Waals surface area contributed by atoms with Crippen LogP contribution in [-0.4, -0.2) is 84.6 Å².